The van der Waals surface area contributed by atoms with Crippen LogP contribution in [0.3, 0.4) is 0 Å². The monoisotopic (exact) mass is 326 g/mol. The van der Waals surface area contributed by atoms with Gasteiger partial charge in [-0.1, -0.05) is 31.5 Å². The zero-order valence-corrected chi connectivity index (χ0v) is 12.4. The zero-order chi connectivity index (χ0) is 17.0. The molecule has 1 rings (SSSR count). The summed E-state index contributed by atoms with van der Waals surface area (Å²) < 4.78 is 68.8. The van der Waals surface area contributed by atoms with E-state index < -0.39 is 24.1 Å². The molecule has 0 aliphatic carbocycles. The second-order valence-corrected chi connectivity index (χ2v) is 5.35. The summed E-state index contributed by atoms with van der Waals surface area (Å²) in [6, 6.07) is 5.73. The van der Waals surface area contributed by atoms with Gasteiger partial charge in [0.2, 0.25) is 0 Å². The maximum atomic E-state index is 13.2. The number of hydrogen-bond donors (Lipinski definition) is 1. The van der Waals surface area contributed by atoms with Crippen molar-refractivity contribution in [3.8, 4) is 5.75 Å². The van der Waals surface area contributed by atoms with Gasteiger partial charge in [0.1, 0.15) is 5.75 Å². The topological polar surface area (TPSA) is 29.5 Å². The Balaban J connectivity index is 3.02. The molecule has 1 aromatic carbocycles. The summed E-state index contributed by atoms with van der Waals surface area (Å²) >= 11 is 0. The van der Waals surface area contributed by atoms with E-state index in [4.69, 9.17) is 4.74 Å². The summed E-state index contributed by atoms with van der Waals surface area (Å²) in [5.74, 6) is -4.88. The highest BCUT2D eigenvalue weighted by Crippen LogP contribution is 2.45. The van der Waals surface area contributed by atoms with Crippen molar-refractivity contribution in [1.29, 1.82) is 0 Å². The van der Waals surface area contributed by atoms with Crippen LogP contribution >= 0.6 is 0 Å². The Hall–Kier alpha value is -1.37. The van der Waals surface area contributed by atoms with E-state index in [2.05, 4.69) is 0 Å². The van der Waals surface area contributed by atoms with Gasteiger partial charge in [-0.15, -0.1) is 0 Å². The number of hydrogen-bond acceptors (Lipinski definition) is 2. The van der Waals surface area contributed by atoms with E-state index in [1.165, 1.54) is 18.2 Å². The number of aliphatic hydroxyl groups is 1. The molecule has 0 fully saturated rings. The molecule has 0 amide bonds. The molecule has 0 aliphatic heterocycles. The minimum absolute atomic E-state index is 0.0879. The lowest BCUT2D eigenvalue weighted by atomic mass is 9.88. The smallest absolute Gasteiger partial charge is 0.453 e. The molecule has 1 atom stereocenters. The first-order valence-corrected chi connectivity index (χ1v) is 6.90. The van der Waals surface area contributed by atoms with Crippen molar-refractivity contribution >= 4 is 0 Å². The molecule has 0 aromatic heterocycles. The highest BCUT2D eigenvalue weighted by molar-refractivity contribution is 5.37. The summed E-state index contributed by atoms with van der Waals surface area (Å²) in [5, 5.41) is 10.2. The fourth-order valence-electron chi connectivity index (χ4n) is 1.99. The third kappa shape index (κ3) is 4.56. The van der Waals surface area contributed by atoms with Gasteiger partial charge in [0, 0.05) is 5.56 Å². The average molecular weight is 326 g/mol. The third-order valence-electron chi connectivity index (χ3n) is 3.20. The highest BCUT2D eigenvalue weighted by Gasteiger charge is 2.60. The Bertz CT molecular complexity index is 483. The fraction of sp³-hybridized carbons (Fsp3) is 0.600. The minimum Gasteiger partial charge on any atom is -0.493 e. The molecule has 7 heteroatoms. The van der Waals surface area contributed by atoms with E-state index in [0.29, 0.717) is 13.0 Å². The van der Waals surface area contributed by atoms with Crippen LogP contribution in [0.25, 0.3) is 0 Å². The molecule has 22 heavy (non-hydrogen) atoms. The normalized spacial score (nSPS) is 15.5. The zero-order valence-electron chi connectivity index (χ0n) is 12.4. The van der Waals surface area contributed by atoms with E-state index in [9.17, 15) is 27.1 Å². The van der Waals surface area contributed by atoms with Crippen LogP contribution in [0.15, 0.2) is 24.3 Å². The molecule has 126 valence electrons. The summed E-state index contributed by atoms with van der Waals surface area (Å²) in [6.07, 6.45) is -5.94. The summed E-state index contributed by atoms with van der Waals surface area (Å²) in [5.41, 5.74) is -2.46. The van der Waals surface area contributed by atoms with Gasteiger partial charge in [0.15, 0.2) is 0 Å². The van der Waals surface area contributed by atoms with Crippen molar-refractivity contribution in [2.45, 2.75) is 50.8 Å². The van der Waals surface area contributed by atoms with Gasteiger partial charge in [-0.2, -0.15) is 22.0 Å². The second-order valence-electron chi connectivity index (χ2n) is 5.35. The van der Waals surface area contributed by atoms with Crippen molar-refractivity contribution in [3.63, 3.8) is 0 Å². The van der Waals surface area contributed by atoms with Crippen LogP contribution in [0.1, 0.15) is 38.7 Å². The Kier molecular flexibility index (Phi) is 5.78. The molecule has 1 N–H and O–H groups in total. The lowest BCUT2D eigenvalue weighted by Crippen LogP contribution is -2.42. The Morgan fingerprint density at radius 1 is 1.09 bits per heavy atom. The molecule has 1 unspecified atom stereocenters. The van der Waals surface area contributed by atoms with Crippen LogP contribution in [0.2, 0.25) is 0 Å². The first kappa shape index (κ1) is 18.7. The number of rotatable bonds is 7. The molecule has 0 bridgehead atoms. The number of benzene rings is 1. The van der Waals surface area contributed by atoms with Gasteiger partial charge in [0.05, 0.1) is 18.6 Å². The lowest BCUT2D eigenvalue weighted by Gasteiger charge is -2.31. The predicted molar refractivity (Wildman–Crippen MR) is 72.0 cm³/mol. The van der Waals surface area contributed by atoms with E-state index in [0.717, 1.165) is 13.3 Å². The number of halogens is 5. The first-order chi connectivity index (χ1) is 10.0. The van der Waals surface area contributed by atoms with Gasteiger partial charge in [-0.05, 0) is 19.4 Å². The van der Waals surface area contributed by atoms with Crippen LogP contribution < -0.4 is 4.74 Å². The Morgan fingerprint density at radius 3 is 2.23 bits per heavy atom. The highest BCUT2D eigenvalue weighted by atomic mass is 19.4. The largest absolute Gasteiger partial charge is 0.493 e. The summed E-state index contributed by atoms with van der Waals surface area (Å²) in [4.78, 5) is 0. The van der Waals surface area contributed by atoms with Crippen LogP contribution in [0, 0.1) is 0 Å². The van der Waals surface area contributed by atoms with Crippen LogP contribution in [0.5, 0.6) is 5.75 Å². The maximum Gasteiger partial charge on any atom is 0.453 e. The van der Waals surface area contributed by atoms with Gasteiger partial charge >= 0.3 is 12.1 Å². The quantitative estimate of drug-likeness (QED) is 0.583. The Labute approximate surface area is 125 Å². The van der Waals surface area contributed by atoms with Crippen LogP contribution in [-0.2, 0) is 5.60 Å². The number of alkyl halides is 5. The molecule has 0 spiro atoms. The molecular formula is C15H19F5O2. The molecule has 0 aliphatic rings. The Morgan fingerprint density at radius 2 is 1.68 bits per heavy atom. The van der Waals surface area contributed by atoms with Crippen molar-refractivity contribution < 1.29 is 31.8 Å². The number of unbranched alkanes of at least 4 members (excludes halogenated alkanes) is 1. The molecule has 1 aromatic rings. The molecule has 0 saturated carbocycles. The standard InChI is InChI=1S/C15H19F5O2/c1-3-4-9-22-12-8-6-5-7-11(12)13(2,21)10-14(16,17)15(18,19)20/h5-8,21H,3-4,9-10H2,1-2H3. The van der Waals surface area contributed by atoms with Gasteiger partial charge in [0.25, 0.3) is 0 Å². The van der Waals surface area contributed by atoms with Crippen molar-refractivity contribution in [2.75, 3.05) is 6.61 Å². The van der Waals surface area contributed by atoms with E-state index in [-0.39, 0.29) is 11.3 Å². The fourth-order valence-corrected chi connectivity index (χ4v) is 1.99. The first-order valence-electron chi connectivity index (χ1n) is 6.90. The molecule has 0 radical (unpaired) electrons. The van der Waals surface area contributed by atoms with E-state index in [1.54, 1.807) is 6.07 Å². The maximum absolute atomic E-state index is 13.2. The third-order valence-corrected chi connectivity index (χ3v) is 3.20. The van der Waals surface area contributed by atoms with E-state index >= 15 is 0 Å². The average Bonchev–Trinajstić information content (AvgIpc) is 2.37. The van der Waals surface area contributed by atoms with Gasteiger partial charge in [-0.25, -0.2) is 0 Å². The molecule has 0 heterocycles. The van der Waals surface area contributed by atoms with Crippen molar-refractivity contribution in [3.05, 3.63) is 29.8 Å². The summed E-state index contributed by atoms with van der Waals surface area (Å²) in [6.45, 7) is 3.14. The van der Waals surface area contributed by atoms with Crippen LogP contribution in [-0.4, -0.2) is 23.8 Å². The van der Waals surface area contributed by atoms with Gasteiger partial charge in [-0.3, -0.25) is 0 Å². The second kappa shape index (κ2) is 6.81. The molecular weight excluding hydrogens is 307 g/mol. The number of ether oxygens (including phenoxy) is 1. The number of para-hydroxylation sites is 1. The minimum atomic E-state index is -5.71. The predicted octanol–water partition coefficient (Wildman–Crippen LogP) is 4.66. The van der Waals surface area contributed by atoms with Crippen LogP contribution in [0.4, 0.5) is 22.0 Å². The molecule has 2 nitrogen and oxygen atoms in total. The van der Waals surface area contributed by atoms with Crippen molar-refractivity contribution in [2.24, 2.45) is 0 Å². The van der Waals surface area contributed by atoms with Gasteiger partial charge < -0.3 is 9.84 Å². The lowest BCUT2D eigenvalue weighted by molar-refractivity contribution is -0.297. The van der Waals surface area contributed by atoms with E-state index in [1.807, 2.05) is 6.92 Å². The molecule has 0 saturated heterocycles. The summed E-state index contributed by atoms with van der Waals surface area (Å²) in [7, 11) is 0. The van der Waals surface area contributed by atoms with Crippen molar-refractivity contribution in [1.82, 2.24) is 0 Å². The SMILES string of the molecule is CCCCOc1ccccc1C(C)(O)CC(F)(F)C(F)(F)F.